The normalized spacial score (nSPS) is 9.77. The van der Waals surface area contributed by atoms with Crippen molar-refractivity contribution in [2.45, 2.75) is 0 Å². The number of pyridine rings is 1. The summed E-state index contributed by atoms with van der Waals surface area (Å²) < 4.78 is 0.760. The van der Waals surface area contributed by atoms with Crippen LogP contribution in [0.15, 0.2) is 36.5 Å². The van der Waals surface area contributed by atoms with E-state index >= 15 is 0 Å². The second-order valence-corrected chi connectivity index (χ2v) is 2.68. The molecule has 0 saturated carbocycles. The molecular weight excluding hydrogens is 164 g/mol. The molecular formula is C10H6N2O. The van der Waals surface area contributed by atoms with Crippen molar-refractivity contribution in [2.24, 2.45) is 0 Å². The van der Waals surface area contributed by atoms with E-state index in [-0.39, 0.29) is 0 Å². The number of nitrogens with zero attached hydrogens (tertiary/aromatic N) is 2. The molecule has 62 valence electrons. The molecule has 0 saturated heterocycles. The number of para-hydroxylation sites is 1. The van der Waals surface area contributed by atoms with Crippen LogP contribution in [-0.4, -0.2) is 0 Å². The summed E-state index contributed by atoms with van der Waals surface area (Å²) in [5.41, 5.74) is 1.06. The zero-order valence-corrected chi connectivity index (χ0v) is 6.77. The van der Waals surface area contributed by atoms with E-state index in [2.05, 4.69) is 0 Å². The fraction of sp³-hybridized carbons (Fsp3) is 0. The van der Waals surface area contributed by atoms with E-state index in [9.17, 15) is 5.21 Å². The largest absolute Gasteiger partial charge is 0.618 e. The van der Waals surface area contributed by atoms with Crippen LogP contribution in [0.1, 0.15) is 5.56 Å². The van der Waals surface area contributed by atoms with E-state index in [1.807, 2.05) is 12.1 Å². The minimum absolute atomic E-state index is 0.529. The first-order chi connectivity index (χ1) is 6.33. The molecule has 0 aliphatic carbocycles. The van der Waals surface area contributed by atoms with Crippen molar-refractivity contribution < 1.29 is 4.73 Å². The molecule has 0 bridgehead atoms. The fourth-order valence-corrected chi connectivity index (χ4v) is 1.30. The maximum Gasteiger partial charge on any atom is 0.225 e. The van der Waals surface area contributed by atoms with E-state index in [1.165, 1.54) is 12.3 Å². The Kier molecular flexibility index (Phi) is 1.60. The van der Waals surface area contributed by atoms with Crippen LogP contribution in [0.5, 0.6) is 0 Å². The van der Waals surface area contributed by atoms with Crippen LogP contribution < -0.4 is 4.73 Å². The van der Waals surface area contributed by atoms with Gasteiger partial charge in [0.2, 0.25) is 5.52 Å². The lowest BCUT2D eigenvalue weighted by atomic mass is 10.1. The number of hydrogen-bond donors (Lipinski definition) is 0. The molecule has 1 aromatic heterocycles. The number of rotatable bonds is 0. The number of benzene rings is 1. The smallest absolute Gasteiger partial charge is 0.225 e. The Morgan fingerprint density at radius 1 is 1.23 bits per heavy atom. The van der Waals surface area contributed by atoms with Crippen LogP contribution in [0.2, 0.25) is 0 Å². The van der Waals surface area contributed by atoms with E-state index in [0.717, 1.165) is 4.73 Å². The Hall–Kier alpha value is -2.08. The van der Waals surface area contributed by atoms with E-state index in [0.29, 0.717) is 16.5 Å². The highest BCUT2D eigenvalue weighted by Gasteiger charge is 2.06. The van der Waals surface area contributed by atoms with Gasteiger partial charge in [0.15, 0.2) is 6.20 Å². The maximum atomic E-state index is 11.3. The van der Waals surface area contributed by atoms with Crippen molar-refractivity contribution in [2.75, 3.05) is 0 Å². The summed E-state index contributed by atoms with van der Waals surface area (Å²) in [5.74, 6) is 0. The molecule has 13 heavy (non-hydrogen) atoms. The molecule has 0 aliphatic rings. The summed E-state index contributed by atoms with van der Waals surface area (Å²) in [4.78, 5) is 0. The average molecular weight is 170 g/mol. The van der Waals surface area contributed by atoms with Gasteiger partial charge in [0, 0.05) is 12.1 Å². The molecule has 0 fully saturated rings. The highest BCUT2D eigenvalue weighted by Crippen LogP contribution is 2.13. The van der Waals surface area contributed by atoms with Crippen molar-refractivity contribution in [3.63, 3.8) is 0 Å². The van der Waals surface area contributed by atoms with Crippen LogP contribution in [0.25, 0.3) is 10.9 Å². The monoisotopic (exact) mass is 170 g/mol. The zero-order chi connectivity index (χ0) is 9.26. The maximum absolute atomic E-state index is 11.3. The summed E-state index contributed by atoms with van der Waals surface area (Å²) in [6, 6.07) is 10.6. The Balaban J connectivity index is 2.95. The van der Waals surface area contributed by atoms with Gasteiger partial charge in [0.05, 0.1) is 10.9 Å². The lowest BCUT2D eigenvalue weighted by Crippen LogP contribution is -2.26. The molecule has 0 spiro atoms. The van der Waals surface area contributed by atoms with Crippen LogP contribution in [0.3, 0.4) is 0 Å². The van der Waals surface area contributed by atoms with Crippen LogP contribution in [0.4, 0.5) is 0 Å². The highest BCUT2D eigenvalue weighted by atomic mass is 16.5. The van der Waals surface area contributed by atoms with Crippen LogP contribution >= 0.6 is 0 Å². The third-order valence-corrected chi connectivity index (χ3v) is 1.93. The number of aromatic nitrogens is 1. The summed E-state index contributed by atoms with van der Waals surface area (Å²) >= 11 is 0. The minimum atomic E-state index is 0.529. The number of nitriles is 1. The van der Waals surface area contributed by atoms with E-state index < -0.39 is 0 Å². The molecule has 0 aliphatic heterocycles. The predicted molar refractivity (Wildman–Crippen MR) is 47.6 cm³/mol. The molecule has 2 aromatic rings. The first-order valence-corrected chi connectivity index (χ1v) is 3.84. The van der Waals surface area contributed by atoms with Crippen molar-refractivity contribution in [1.29, 1.82) is 5.26 Å². The van der Waals surface area contributed by atoms with Gasteiger partial charge in [-0.05, 0) is 6.07 Å². The second kappa shape index (κ2) is 2.76. The molecule has 2 rings (SSSR count). The van der Waals surface area contributed by atoms with Gasteiger partial charge in [-0.15, -0.1) is 0 Å². The number of hydrogen-bond acceptors (Lipinski definition) is 2. The molecule has 0 unspecified atom stereocenters. The topological polar surface area (TPSA) is 50.7 Å². The first kappa shape index (κ1) is 7.56. The van der Waals surface area contributed by atoms with E-state index in [4.69, 9.17) is 5.26 Å². The Morgan fingerprint density at radius 2 is 2.00 bits per heavy atom. The Labute approximate surface area is 75.0 Å². The van der Waals surface area contributed by atoms with Gasteiger partial charge in [0.25, 0.3) is 0 Å². The summed E-state index contributed by atoms with van der Waals surface area (Å²) in [6.07, 6.45) is 1.35. The SMILES string of the molecule is N#Cc1cc[n+]([O-])c2ccccc12. The van der Waals surface area contributed by atoms with Gasteiger partial charge < -0.3 is 5.21 Å². The molecule has 3 nitrogen and oxygen atoms in total. The lowest BCUT2D eigenvalue weighted by Gasteiger charge is -2.00. The molecule has 1 aromatic carbocycles. The highest BCUT2D eigenvalue weighted by molar-refractivity contribution is 5.81. The van der Waals surface area contributed by atoms with Gasteiger partial charge in [-0.1, -0.05) is 12.1 Å². The van der Waals surface area contributed by atoms with Crippen molar-refractivity contribution in [3.05, 3.63) is 47.3 Å². The average Bonchev–Trinajstić information content (AvgIpc) is 2.19. The van der Waals surface area contributed by atoms with Crippen molar-refractivity contribution in [1.82, 2.24) is 0 Å². The first-order valence-electron chi connectivity index (χ1n) is 3.84. The lowest BCUT2D eigenvalue weighted by molar-refractivity contribution is -0.577. The molecule has 0 radical (unpaired) electrons. The third-order valence-electron chi connectivity index (χ3n) is 1.93. The van der Waals surface area contributed by atoms with Gasteiger partial charge in [0.1, 0.15) is 6.07 Å². The minimum Gasteiger partial charge on any atom is -0.618 e. The molecule has 1 heterocycles. The second-order valence-electron chi connectivity index (χ2n) is 2.68. The number of fused-ring (bicyclic) bond motifs is 1. The Morgan fingerprint density at radius 3 is 2.77 bits per heavy atom. The van der Waals surface area contributed by atoms with Gasteiger partial charge >= 0.3 is 0 Å². The fourth-order valence-electron chi connectivity index (χ4n) is 1.30. The summed E-state index contributed by atoms with van der Waals surface area (Å²) in [7, 11) is 0. The van der Waals surface area contributed by atoms with Gasteiger partial charge in [-0.3, -0.25) is 0 Å². The van der Waals surface area contributed by atoms with Crippen LogP contribution in [-0.2, 0) is 0 Å². The van der Waals surface area contributed by atoms with E-state index in [1.54, 1.807) is 18.2 Å². The third kappa shape index (κ3) is 1.09. The molecule has 0 amide bonds. The van der Waals surface area contributed by atoms with Crippen molar-refractivity contribution >= 4 is 10.9 Å². The Bertz CT molecular complexity index is 500. The summed E-state index contributed by atoms with van der Waals surface area (Å²) in [6.45, 7) is 0. The standard InChI is InChI=1S/C10H6N2O/c11-7-8-5-6-12(13)10-4-2-1-3-9(8)10/h1-6H. The van der Waals surface area contributed by atoms with Crippen molar-refractivity contribution in [3.8, 4) is 6.07 Å². The predicted octanol–water partition coefficient (Wildman–Crippen LogP) is 1.34. The quantitative estimate of drug-likeness (QED) is 0.442. The molecule has 0 atom stereocenters. The van der Waals surface area contributed by atoms with Gasteiger partial charge in [-0.2, -0.15) is 9.99 Å². The molecule has 0 N–H and O–H groups in total. The summed E-state index contributed by atoms with van der Waals surface area (Å²) in [5, 5.41) is 20.7. The van der Waals surface area contributed by atoms with Crippen LogP contribution in [0, 0.1) is 16.5 Å². The molecule has 3 heteroatoms. The van der Waals surface area contributed by atoms with Gasteiger partial charge in [-0.25, -0.2) is 0 Å². The zero-order valence-electron chi connectivity index (χ0n) is 6.77.